The van der Waals surface area contributed by atoms with E-state index in [9.17, 15) is 26.4 Å². The van der Waals surface area contributed by atoms with Crippen LogP contribution in [0.4, 0.5) is 24.5 Å². The molecule has 3 aromatic heterocycles. The molecule has 0 bridgehead atoms. The van der Waals surface area contributed by atoms with Crippen molar-refractivity contribution >= 4 is 33.0 Å². The van der Waals surface area contributed by atoms with E-state index >= 15 is 0 Å². The van der Waals surface area contributed by atoms with Crippen LogP contribution in [0.1, 0.15) is 10.5 Å². The number of aliphatic hydroxyl groups excluding tert-OH is 1. The third kappa shape index (κ3) is 6.22. The number of halogens is 3. The number of pyridine rings is 2. The summed E-state index contributed by atoms with van der Waals surface area (Å²) in [6.07, 6.45) is 4.29. The van der Waals surface area contributed by atoms with Gasteiger partial charge in [-0.2, -0.15) is 0 Å². The number of hydrogen-bond acceptors (Lipinski definition) is 8. The first-order chi connectivity index (χ1) is 20.6. The Labute approximate surface area is 242 Å². The van der Waals surface area contributed by atoms with Crippen LogP contribution < -0.4 is 19.5 Å². The summed E-state index contributed by atoms with van der Waals surface area (Å²) in [6.45, 7) is -0.371. The van der Waals surface area contributed by atoms with Gasteiger partial charge in [0.1, 0.15) is 40.2 Å². The zero-order valence-corrected chi connectivity index (χ0v) is 23.0. The van der Waals surface area contributed by atoms with Gasteiger partial charge in [-0.25, -0.2) is 31.6 Å². The molecule has 0 spiro atoms. The minimum absolute atomic E-state index is 0.0796. The van der Waals surface area contributed by atoms with Crippen LogP contribution >= 0.6 is 0 Å². The summed E-state index contributed by atoms with van der Waals surface area (Å²) in [5.74, 6) is -3.74. The lowest BCUT2D eigenvalue weighted by atomic mass is 10.1. The molecule has 5 rings (SSSR count). The van der Waals surface area contributed by atoms with Gasteiger partial charge < -0.3 is 19.9 Å². The molecule has 11 nitrogen and oxygen atoms in total. The standard InChI is InChI=1S/C28H22F3N5O6S/c1-41-28-22(35-43(39,40)25-6-3-18(29)11-21(25)31)10-17(13-33-28)16-2-7-26-32-14-23(36(26)15-16)27(38)34-19-4-5-24(20(30)12-19)42-9-8-37/h2-7,10-15,35,37H,8-9H2,1H3,(H,34,38). The van der Waals surface area contributed by atoms with E-state index in [1.807, 2.05) is 0 Å². The number of sulfonamides is 1. The van der Waals surface area contributed by atoms with Crippen LogP contribution in [0.2, 0.25) is 0 Å². The van der Waals surface area contributed by atoms with Crippen molar-refractivity contribution < 1.29 is 41.0 Å². The highest BCUT2D eigenvalue weighted by atomic mass is 32.2. The summed E-state index contributed by atoms with van der Waals surface area (Å²) in [4.78, 5) is 20.6. The number of ether oxygens (including phenoxy) is 2. The third-order valence-electron chi connectivity index (χ3n) is 6.08. The zero-order chi connectivity index (χ0) is 30.7. The highest BCUT2D eigenvalue weighted by Crippen LogP contribution is 2.31. The Bertz CT molecular complexity index is 1950. The fourth-order valence-electron chi connectivity index (χ4n) is 4.10. The highest BCUT2D eigenvalue weighted by molar-refractivity contribution is 7.92. The number of benzene rings is 2. The molecule has 0 aliphatic heterocycles. The maximum atomic E-state index is 14.3. The van der Waals surface area contributed by atoms with Gasteiger partial charge in [0.2, 0.25) is 5.88 Å². The number of nitrogens with zero attached hydrogens (tertiary/aromatic N) is 3. The van der Waals surface area contributed by atoms with E-state index < -0.39 is 38.3 Å². The van der Waals surface area contributed by atoms with E-state index in [1.54, 1.807) is 18.3 Å². The van der Waals surface area contributed by atoms with Crippen molar-refractivity contribution in [3.63, 3.8) is 0 Å². The number of methoxy groups -OCH3 is 1. The van der Waals surface area contributed by atoms with Gasteiger partial charge in [-0.15, -0.1) is 0 Å². The maximum absolute atomic E-state index is 14.3. The van der Waals surface area contributed by atoms with Gasteiger partial charge in [-0.3, -0.25) is 13.9 Å². The van der Waals surface area contributed by atoms with Crippen LogP contribution in [0.15, 0.2) is 78.1 Å². The molecular weight excluding hydrogens is 591 g/mol. The molecule has 0 fully saturated rings. The number of fused-ring (bicyclic) bond motifs is 1. The van der Waals surface area contributed by atoms with Gasteiger partial charge >= 0.3 is 0 Å². The Hall–Kier alpha value is -5.15. The van der Waals surface area contributed by atoms with Gasteiger partial charge in [0.15, 0.2) is 11.6 Å². The molecule has 1 amide bonds. The Kier molecular flexibility index (Phi) is 8.18. The SMILES string of the molecule is COc1ncc(-c2ccc3ncc(C(=O)Nc4ccc(OCCO)c(F)c4)n3c2)cc1NS(=O)(=O)c1ccc(F)cc1F. The first kappa shape index (κ1) is 29.3. The normalized spacial score (nSPS) is 11.4. The number of hydrogen-bond donors (Lipinski definition) is 3. The average Bonchev–Trinajstić information content (AvgIpc) is 3.40. The molecule has 2 aromatic carbocycles. The fourth-order valence-corrected chi connectivity index (χ4v) is 5.21. The van der Waals surface area contributed by atoms with E-state index in [4.69, 9.17) is 14.6 Å². The second-order valence-electron chi connectivity index (χ2n) is 8.92. The molecule has 15 heteroatoms. The number of amides is 1. The van der Waals surface area contributed by atoms with E-state index in [0.29, 0.717) is 22.8 Å². The largest absolute Gasteiger partial charge is 0.488 e. The average molecular weight is 614 g/mol. The van der Waals surface area contributed by atoms with Gasteiger partial charge in [0.05, 0.1) is 19.9 Å². The monoisotopic (exact) mass is 613 g/mol. The summed E-state index contributed by atoms with van der Waals surface area (Å²) in [5, 5.41) is 11.4. The van der Waals surface area contributed by atoms with Crippen molar-refractivity contribution in [2.24, 2.45) is 0 Å². The van der Waals surface area contributed by atoms with Crippen LogP contribution in [0.3, 0.4) is 0 Å². The molecule has 0 saturated carbocycles. The highest BCUT2D eigenvalue weighted by Gasteiger charge is 2.23. The molecule has 0 aliphatic carbocycles. The number of rotatable bonds is 10. The molecule has 0 saturated heterocycles. The quantitative estimate of drug-likeness (QED) is 0.212. The summed E-state index contributed by atoms with van der Waals surface area (Å²) >= 11 is 0. The molecule has 0 radical (unpaired) electrons. The zero-order valence-electron chi connectivity index (χ0n) is 22.2. The maximum Gasteiger partial charge on any atom is 0.274 e. The van der Waals surface area contributed by atoms with Gasteiger partial charge in [0.25, 0.3) is 15.9 Å². The molecule has 3 heterocycles. The Morgan fingerprint density at radius 3 is 2.51 bits per heavy atom. The molecule has 0 unspecified atom stereocenters. The number of anilines is 2. The second kappa shape index (κ2) is 12.0. The predicted molar refractivity (Wildman–Crippen MR) is 149 cm³/mol. The summed E-state index contributed by atoms with van der Waals surface area (Å²) < 4.78 is 81.6. The number of aliphatic hydroxyl groups is 1. The van der Waals surface area contributed by atoms with Crippen LogP contribution in [-0.4, -0.2) is 54.1 Å². The van der Waals surface area contributed by atoms with Crippen molar-refractivity contribution in [1.82, 2.24) is 14.4 Å². The van der Waals surface area contributed by atoms with Crippen molar-refractivity contribution in [3.05, 3.63) is 96.3 Å². The third-order valence-corrected chi connectivity index (χ3v) is 7.48. The lowest BCUT2D eigenvalue weighted by molar-refractivity contribution is 0.102. The van der Waals surface area contributed by atoms with Crippen LogP contribution in [0.5, 0.6) is 11.6 Å². The number of nitrogens with one attached hydrogen (secondary N) is 2. The lowest BCUT2D eigenvalue weighted by Crippen LogP contribution is -2.16. The Morgan fingerprint density at radius 2 is 1.79 bits per heavy atom. The van der Waals surface area contributed by atoms with Gasteiger partial charge in [0, 0.05) is 41.3 Å². The first-order valence-corrected chi connectivity index (χ1v) is 13.9. The van der Waals surface area contributed by atoms with Gasteiger partial charge in [-0.05, 0) is 42.5 Å². The summed E-state index contributed by atoms with van der Waals surface area (Å²) in [7, 11) is -3.24. The first-order valence-electron chi connectivity index (χ1n) is 12.4. The summed E-state index contributed by atoms with van der Waals surface area (Å²) in [5.41, 5.74) is 1.41. The fraction of sp³-hybridized carbons (Fsp3) is 0.107. The number of carbonyl (C=O) groups is 1. The number of imidazole rings is 1. The molecule has 3 N–H and O–H groups in total. The van der Waals surface area contributed by atoms with E-state index in [1.165, 1.54) is 42.1 Å². The minimum atomic E-state index is -4.50. The van der Waals surface area contributed by atoms with Crippen molar-refractivity contribution in [1.29, 1.82) is 0 Å². The molecular formula is C28H22F3N5O6S. The summed E-state index contributed by atoms with van der Waals surface area (Å²) in [6, 6.07) is 10.6. The molecule has 5 aromatic rings. The van der Waals surface area contributed by atoms with E-state index in [-0.39, 0.29) is 41.9 Å². The van der Waals surface area contributed by atoms with Crippen molar-refractivity contribution in [2.45, 2.75) is 4.90 Å². The number of carbonyl (C=O) groups excluding carboxylic acids is 1. The lowest BCUT2D eigenvalue weighted by Gasteiger charge is -2.13. The van der Waals surface area contributed by atoms with Crippen molar-refractivity contribution in [3.8, 4) is 22.8 Å². The Balaban J connectivity index is 1.44. The van der Waals surface area contributed by atoms with Crippen LogP contribution in [0.25, 0.3) is 16.8 Å². The predicted octanol–water partition coefficient (Wildman–Crippen LogP) is 4.25. The minimum Gasteiger partial charge on any atom is -0.488 e. The van der Waals surface area contributed by atoms with Crippen LogP contribution in [-0.2, 0) is 10.0 Å². The molecule has 222 valence electrons. The topological polar surface area (TPSA) is 144 Å². The molecule has 0 aliphatic rings. The van der Waals surface area contributed by atoms with Crippen molar-refractivity contribution in [2.75, 3.05) is 30.4 Å². The number of aromatic nitrogens is 3. The van der Waals surface area contributed by atoms with Crippen LogP contribution in [0, 0.1) is 17.5 Å². The van der Waals surface area contributed by atoms with E-state index in [2.05, 4.69) is 20.0 Å². The smallest absolute Gasteiger partial charge is 0.274 e. The second-order valence-corrected chi connectivity index (χ2v) is 10.6. The van der Waals surface area contributed by atoms with Gasteiger partial charge in [-0.1, -0.05) is 0 Å². The molecule has 43 heavy (non-hydrogen) atoms. The Morgan fingerprint density at radius 1 is 0.977 bits per heavy atom. The molecule has 0 atom stereocenters. The van der Waals surface area contributed by atoms with E-state index in [0.717, 1.165) is 18.2 Å².